The molecule has 0 atom stereocenters. The molecule has 0 aliphatic carbocycles. The van der Waals surface area contributed by atoms with Crippen molar-refractivity contribution in [3.8, 4) is 5.75 Å². The van der Waals surface area contributed by atoms with Crippen LogP contribution < -0.4 is 15.8 Å². The molecule has 0 aliphatic rings. The number of thiophene rings is 1. The molecular formula is C16H14ClN3O2S. The number of benzene rings is 1. The molecule has 23 heavy (non-hydrogen) atoms. The number of hydrogen-bond donors (Lipinski definition) is 2. The lowest BCUT2D eigenvalue weighted by Gasteiger charge is -2.13. The van der Waals surface area contributed by atoms with Crippen LogP contribution in [0.1, 0.15) is 16.6 Å². The molecule has 3 aromatic rings. The molecule has 0 radical (unpaired) electrons. The summed E-state index contributed by atoms with van der Waals surface area (Å²) in [6.45, 7) is 1.49. The van der Waals surface area contributed by atoms with Crippen LogP contribution in [-0.4, -0.2) is 17.9 Å². The maximum absolute atomic E-state index is 11.7. The number of ketones is 1. The lowest BCUT2D eigenvalue weighted by molar-refractivity contribution is 0.102. The van der Waals surface area contributed by atoms with Crippen LogP contribution in [0.4, 0.5) is 17.1 Å². The second-order valence-corrected chi connectivity index (χ2v) is 6.35. The number of fused-ring (bicyclic) bond motifs is 1. The van der Waals surface area contributed by atoms with Crippen LogP contribution in [0.25, 0.3) is 10.2 Å². The van der Waals surface area contributed by atoms with Crippen LogP contribution in [0.2, 0.25) is 5.02 Å². The molecule has 2 heterocycles. The molecule has 7 heteroatoms. The average Bonchev–Trinajstić information content (AvgIpc) is 2.85. The number of nitrogen functional groups attached to an aromatic ring is 1. The van der Waals surface area contributed by atoms with Crippen LogP contribution in [0.5, 0.6) is 5.75 Å². The Hall–Kier alpha value is -2.31. The first-order valence-electron chi connectivity index (χ1n) is 6.79. The Morgan fingerprint density at radius 3 is 2.87 bits per heavy atom. The summed E-state index contributed by atoms with van der Waals surface area (Å²) >= 11 is 7.30. The van der Waals surface area contributed by atoms with Crippen molar-refractivity contribution in [2.45, 2.75) is 6.92 Å². The highest BCUT2D eigenvalue weighted by Gasteiger charge is 2.20. The minimum atomic E-state index is -0.0850. The van der Waals surface area contributed by atoms with Gasteiger partial charge in [0.15, 0.2) is 11.5 Å². The molecule has 3 N–H and O–H groups in total. The number of rotatable bonds is 4. The molecule has 3 rings (SSSR count). The number of halogens is 1. The summed E-state index contributed by atoms with van der Waals surface area (Å²) in [5.74, 6) is 0.454. The third-order valence-electron chi connectivity index (χ3n) is 3.36. The number of pyridine rings is 1. The van der Waals surface area contributed by atoms with Crippen molar-refractivity contribution in [3.05, 3.63) is 40.4 Å². The Labute approximate surface area is 142 Å². The summed E-state index contributed by atoms with van der Waals surface area (Å²) in [5, 5.41) is 4.56. The molecule has 0 fully saturated rings. The van der Waals surface area contributed by atoms with E-state index in [1.165, 1.54) is 18.3 Å². The molecule has 2 aromatic heterocycles. The molecule has 0 spiro atoms. The molecule has 0 bridgehead atoms. The Kier molecular flexibility index (Phi) is 4.11. The van der Waals surface area contributed by atoms with Gasteiger partial charge in [-0.15, -0.1) is 11.3 Å². The number of nitrogens with zero attached hydrogens (tertiary/aromatic N) is 1. The SMILES string of the molecule is COc1cnc2sc(C(C)=O)c(N)c2c1Nc1cccc(Cl)c1. The van der Waals surface area contributed by atoms with Crippen molar-refractivity contribution in [1.29, 1.82) is 0 Å². The number of ether oxygens (including phenoxy) is 1. The Balaban J connectivity index is 2.22. The summed E-state index contributed by atoms with van der Waals surface area (Å²) in [7, 11) is 1.56. The van der Waals surface area contributed by atoms with Crippen LogP contribution >= 0.6 is 22.9 Å². The van der Waals surface area contributed by atoms with Gasteiger partial charge in [-0.2, -0.15) is 0 Å². The molecule has 1 aromatic carbocycles. The van der Waals surface area contributed by atoms with Gasteiger partial charge in [0.2, 0.25) is 0 Å². The van der Waals surface area contributed by atoms with Gasteiger partial charge < -0.3 is 15.8 Å². The Morgan fingerprint density at radius 2 is 2.22 bits per heavy atom. The standard InChI is InChI=1S/C16H14ClN3O2S/c1-8(21)15-13(18)12-14(11(22-2)7-19-16(12)23-15)20-10-5-3-4-9(17)6-10/h3-7H,18H2,1-2H3,(H,19,20). The molecule has 0 unspecified atom stereocenters. The van der Waals surface area contributed by atoms with Gasteiger partial charge in [-0.1, -0.05) is 17.7 Å². The summed E-state index contributed by atoms with van der Waals surface area (Å²) in [5.41, 5.74) is 8.04. The second-order valence-electron chi connectivity index (χ2n) is 4.92. The maximum Gasteiger partial charge on any atom is 0.171 e. The molecule has 118 valence electrons. The first kappa shape index (κ1) is 15.6. The topological polar surface area (TPSA) is 77.2 Å². The summed E-state index contributed by atoms with van der Waals surface area (Å²) in [6.07, 6.45) is 1.61. The number of nitrogens with one attached hydrogen (secondary N) is 1. The van der Waals surface area contributed by atoms with Crippen molar-refractivity contribution in [3.63, 3.8) is 0 Å². The Bertz CT molecular complexity index is 908. The smallest absolute Gasteiger partial charge is 0.171 e. The molecule has 0 aliphatic heterocycles. The van der Waals surface area contributed by atoms with Gasteiger partial charge in [0.05, 0.1) is 34.9 Å². The van der Waals surface area contributed by atoms with E-state index >= 15 is 0 Å². The van der Waals surface area contributed by atoms with Gasteiger partial charge in [0.1, 0.15) is 4.83 Å². The minimum absolute atomic E-state index is 0.0850. The molecule has 0 amide bonds. The van der Waals surface area contributed by atoms with Crippen molar-refractivity contribution in [2.75, 3.05) is 18.2 Å². The first-order valence-corrected chi connectivity index (χ1v) is 7.99. The van der Waals surface area contributed by atoms with E-state index in [0.29, 0.717) is 37.2 Å². The Morgan fingerprint density at radius 1 is 1.43 bits per heavy atom. The zero-order valence-corrected chi connectivity index (χ0v) is 14.1. The van der Waals surface area contributed by atoms with Gasteiger partial charge >= 0.3 is 0 Å². The van der Waals surface area contributed by atoms with E-state index in [1.807, 2.05) is 12.1 Å². The maximum atomic E-state index is 11.7. The number of carbonyl (C=O) groups excluding carboxylic acids is 1. The quantitative estimate of drug-likeness (QED) is 0.680. The predicted molar refractivity (Wildman–Crippen MR) is 95.3 cm³/mol. The number of carbonyl (C=O) groups is 1. The lowest BCUT2D eigenvalue weighted by Crippen LogP contribution is -1.99. The summed E-state index contributed by atoms with van der Waals surface area (Å²) in [4.78, 5) is 17.2. The molecule has 0 saturated carbocycles. The van der Waals surface area contributed by atoms with E-state index in [-0.39, 0.29) is 5.78 Å². The molecule has 5 nitrogen and oxygen atoms in total. The second kappa shape index (κ2) is 6.06. The average molecular weight is 348 g/mol. The largest absolute Gasteiger partial charge is 0.493 e. The van der Waals surface area contributed by atoms with E-state index in [9.17, 15) is 4.79 Å². The summed E-state index contributed by atoms with van der Waals surface area (Å²) in [6, 6.07) is 7.31. The third-order valence-corrected chi connectivity index (χ3v) is 4.81. The highest BCUT2D eigenvalue weighted by molar-refractivity contribution is 7.21. The minimum Gasteiger partial charge on any atom is -0.493 e. The zero-order valence-electron chi connectivity index (χ0n) is 12.5. The number of anilines is 3. The number of hydrogen-bond acceptors (Lipinski definition) is 6. The van der Waals surface area contributed by atoms with E-state index in [1.54, 1.807) is 25.4 Å². The molecule has 0 saturated heterocycles. The van der Waals surface area contributed by atoms with Crippen molar-refractivity contribution in [1.82, 2.24) is 4.98 Å². The number of methoxy groups -OCH3 is 1. The monoisotopic (exact) mass is 347 g/mol. The summed E-state index contributed by atoms with van der Waals surface area (Å²) < 4.78 is 5.39. The first-order chi connectivity index (χ1) is 11.0. The van der Waals surface area contributed by atoms with Gasteiger partial charge in [-0.3, -0.25) is 4.79 Å². The lowest BCUT2D eigenvalue weighted by atomic mass is 10.2. The highest BCUT2D eigenvalue weighted by Crippen LogP contribution is 2.43. The van der Waals surface area contributed by atoms with Crippen LogP contribution in [-0.2, 0) is 0 Å². The molecular weight excluding hydrogens is 334 g/mol. The van der Waals surface area contributed by atoms with Crippen LogP contribution in [0.3, 0.4) is 0 Å². The van der Waals surface area contributed by atoms with Gasteiger partial charge in [-0.25, -0.2) is 4.98 Å². The zero-order chi connectivity index (χ0) is 16.6. The van der Waals surface area contributed by atoms with E-state index in [4.69, 9.17) is 22.1 Å². The van der Waals surface area contributed by atoms with E-state index in [0.717, 1.165) is 5.69 Å². The number of aromatic nitrogens is 1. The van der Waals surface area contributed by atoms with Gasteiger partial charge in [-0.05, 0) is 18.2 Å². The fourth-order valence-corrected chi connectivity index (χ4v) is 3.48. The van der Waals surface area contributed by atoms with Gasteiger partial charge in [0.25, 0.3) is 0 Å². The fraction of sp³-hybridized carbons (Fsp3) is 0.125. The van der Waals surface area contributed by atoms with Gasteiger partial charge in [0, 0.05) is 17.6 Å². The van der Waals surface area contributed by atoms with Crippen molar-refractivity contribution < 1.29 is 9.53 Å². The van der Waals surface area contributed by atoms with E-state index < -0.39 is 0 Å². The third kappa shape index (κ3) is 2.83. The van der Waals surface area contributed by atoms with Crippen molar-refractivity contribution >= 4 is 56.0 Å². The fourth-order valence-electron chi connectivity index (χ4n) is 2.32. The van der Waals surface area contributed by atoms with Crippen LogP contribution in [0, 0.1) is 0 Å². The van der Waals surface area contributed by atoms with E-state index in [2.05, 4.69) is 10.3 Å². The number of nitrogens with two attached hydrogens (primary N) is 1. The van der Waals surface area contributed by atoms with Crippen molar-refractivity contribution in [2.24, 2.45) is 0 Å². The highest BCUT2D eigenvalue weighted by atomic mass is 35.5. The number of Topliss-reactive ketones (excluding diaryl/α,β-unsaturated/α-hetero) is 1. The predicted octanol–water partition coefficient (Wildman–Crippen LogP) is 4.49. The van der Waals surface area contributed by atoms with Crippen LogP contribution in [0.15, 0.2) is 30.5 Å². The normalized spacial score (nSPS) is 10.7.